The SMILES string of the molecule is CC1(C)[C@H]2CC[C@@]1(C)[C@@H](OC(=O)CCl)C2. The Morgan fingerprint density at radius 2 is 2.13 bits per heavy atom. The third-order valence-corrected chi connectivity index (χ3v) is 5.31. The highest BCUT2D eigenvalue weighted by Crippen LogP contribution is 2.66. The van der Waals surface area contributed by atoms with Gasteiger partial charge in [-0.2, -0.15) is 0 Å². The highest BCUT2D eigenvalue weighted by atomic mass is 35.5. The number of fused-ring (bicyclic) bond motifs is 2. The lowest BCUT2D eigenvalue weighted by Gasteiger charge is -2.38. The number of ether oxygens (including phenoxy) is 1. The van der Waals surface area contributed by atoms with Gasteiger partial charge in [-0.15, -0.1) is 11.6 Å². The number of esters is 1. The second-order valence-electron chi connectivity index (χ2n) is 5.72. The van der Waals surface area contributed by atoms with Crippen LogP contribution in [0.4, 0.5) is 0 Å². The van der Waals surface area contributed by atoms with Crippen LogP contribution in [0.3, 0.4) is 0 Å². The molecule has 86 valence electrons. The van der Waals surface area contributed by atoms with E-state index in [2.05, 4.69) is 20.8 Å². The molecule has 3 heteroatoms. The standard InChI is InChI=1S/C12H19ClO2/c1-11(2)8-4-5-12(11,3)9(6-8)15-10(14)7-13/h8-9H,4-7H2,1-3H3/t8-,9-,12-/m0/s1. The molecule has 0 saturated heterocycles. The summed E-state index contributed by atoms with van der Waals surface area (Å²) in [6, 6.07) is 0. The van der Waals surface area contributed by atoms with Gasteiger partial charge in [0.25, 0.3) is 0 Å². The Morgan fingerprint density at radius 3 is 2.53 bits per heavy atom. The molecule has 0 unspecified atom stereocenters. The monoisotopic (exact) mass is 230 g/mol. The summed E-state index contributed by atoms with van der Waals surface area (Å²) in [7, 11) is 0. The Hall–Kier alpha value is -0.240. The predicted molar refractivity (Wildman–Crippen MR) is 59.8 cm³/mol. The average Bonchev–Trinajstić information content (AvgIpc) is 2.50. The minimum Gasteiger partial charge on any atom is -0.461 e. The van der Waals surface area contributed by atoms with E-state index in [1.165, 1.54) is 12.8 Å². The first-order valence-electron chi connectivity index (χ1n) is 5.67. The van der Waals surface area contributed by atoms with Gasteiger partial charge in [-0.1, -0.05) is 20.8 Å². The van der Waals surface area contributed by atoms with E-state index in [-0.39, 0.29) is 23.4 Å². The van der Waals surface area contributed by atoms with E-state index in [4.69, 9.17) is 16.3 Å². The lowest BCUT2D eigenvalue weighted by molar-refractivity contribution is -0.153. The molecule has 3 atom stereocenters. The van der Waals surface area contributed by atoms with Crippen molar-refractivity contribution in [2.75, 3.05) is 5.88 Å². The van der Waals surface area contributed by atoms with Crippen molar-refractivity contribution in [2.24, 2.45) is 16.7 Å². The molecule has 0 spiro atoms. The van der Waals surface area contributed by atoms with Gasteiger partial charge in [-0.3, -0.25) is 4.79 Å². The van der Waals surface area contributed by atoms with Gasteiger partial charge in [0.05, 0.1) is 0 Å². The van der Waals surface area contributed by atoms with E-state index in [9.17, 15) is 4.79 Å². The number of hydrogen-bond acceptors (Lipinski definition) is 2. The zero-order valence-electron chi connectivity index (χ0n) is 9.68. The summed E-state index contributed by atoms with van der Waals surface area (Å²) < 4.78 is 5.46. The maximum atomic E-state index is 11.2. The van der Waals surface area contributed by atoms with Crippen LogP contribution in [0.15, 0.2) is 0 Å². The van der Waals surface area contributed by atoms with Gasteiger partial charge in [0, 0.05) is 5.41 Å². The van der Waals surface area contributed by atoms with E-state index in [1.807, 2.05) is 0 Å². The Bertz CT molecular complexity index is 287. The predicted octanol–water partition coefficient (Wildman–Crippen LogP) is 2.98. The molecule has 2 rings (SSSR count). The van der Waals surface area contributed by atoms with Crippen molar-refractivity contribution in [3.8, 4) is 0 Å². The number of rotatable bonds is 2. The maximum absolute atomic E-state index is 11.2. The molecule has 0 heterocycles. The van der Waals surface area contributed by atoms with Crippen molar-refractivity contribution >= 4 is 17.6 Å². The summed E-state index contributed by atoms with van der Waals surface area (Å²) in [6.45, 7) is 6.87. The molecular formula is C12H19ClO2. The summed E-state index contributed by atoms with van der Waals surface area (Å²) in [5.74, 6) is 0.402. The van der Waals surface area contributed by atoms with E-state index >= 15 is 0 Å². The van der Waals surface area contributed by atoms with Crippen molar-refractivity contribution in [2.45, 2.75) is 46.1 Å². The van der Waals surface area contributed by atoms with Crippen molar-refractivity contribution < 1.29 is 9.53 Å². The topological polar surface area (TPSA) is 26.3 Å². The summed E-state index contributed by atoms with van der Waals surface area (Å²) >= 11 is 5.47. The molecule has 15 heavy (non-hydrogen) atoms. The molecule has 2 saturated carbocycles. The van der Waals surface area contributed by atoms with Crippen LogP contribution in [0, 0.1) is 16.7 Å². The number of alkyl halides is 1. The van der Waals surface area contributed by atoms with Gasteiger partial charge < -0.3 is 4.74 Å². The molecular weight excluding hydrogens is 212 g/mol. The first-order chi connectivity index (χ1) is 6.91. The second kappa shape index (κ2) is 3.38. The number of carbonyl (C=O) groups is 1. The molecule has 0 amide bonds. The molecule has 0 aromatic carbocycles. The molecule has 2 nitrogen and oxygen atoms in total. The molecule has 2 bridgehead atoms. The lowest BCUT2D eigenvalue weighted by Crippen LogP contribution is -2.38. The molecule has 2 fully saturated rings. The van der Waals surface area contributed by atoms with Crippen molar-refractivity contribution in [3.63, 3.8) is 0 Å². The molecule has 0 aliphatic heterocycles. The minimum atomic E-state index is -0.272. The Labute approximate surface area is 96.3 Å². The zero-order chi connectivity index (χ0) is 11.3. The molecule has 2 aliphatic carbocycles. The summed E-state index contributed by atoms with van der Waals surface area (Å²) in [6.07, 6.45) is 3.55. The Balaban J connectivity index is 2.15. The van der Waals surface area contributed by atoms with Crippen LogP contribution in [0.5, 0.6) is 0 Å². The van der Waals surface area contributed by atoms with Crippen LogP contribution >= 0.6 is 11.6 Å². The van der Waals surface area contributed by atoms with Gasteiger partial charge in [0.1, 0.15) is 12.0 Å². The van der Waals surface area contributed by atoms with Crippen LogP contribution < -0.4 is 0 Å². The smallest absolute Gasteiger partial charge is 0.321 e. The Morgan fingerprint density at radius 1 is 1.47 bits per heavy atom. The molecule has 0 aromatic heterocycles. The fourth-order valence-electron chi connectivity index (χ4n) is 3.50. The molecule has 0 radical (unpaired) electrons. The lowest BCUT2D eigenvalue weighted by atomic mass is 9.70. The number of carbonyl (C=O) groups excluding carboxylic acids is 1. The van der Waals surface area contributed by atoms with Crippen molar-refractivity contribution in [1.82, 2.24) is 0 Å². The van der Waals surface area contributed by atoms with Gasteiger partial charge in [-0.25, -0.2) is 0 Å². The average molecular weight is 231 g/mol. The Kier molecular flexibility index (Phi) is 2.53. The highest BCUT2D eigenvalue weighted by Gasteiger charge is 2.62. The second-order valence-corrected chi connectivity index (χ2v) is 5.99. The fraction of sp³-hybridized carbons (Fsp3) is 0.917. The van der Waals surface area contributed by atoms with E-state index in [0.717, 1.165) is 6.42 Å². The van der Waals surface area contributed by atoms with Crippen LogP contribution in [0.25, 0.3) is 0 Å². The van der Waals surface area contributed by atoms with Gasteiger partial charge >= 0.3 is 5.97 Å². The first-order valence-corrected chi connectivity index (χ1v) is 6.20. The fourth-order valence-corrected chi connectivity index (χ4v) is 3.56. The number of halogens is 1. The summed E-state index contributed by atoms with van der Waals surface area (Å²) in [5, 5.41) is 0. The van der Waals surface area contributed by atoms with E-state index in [0.29, 0.717) is 11.3 Å². The van der Waals surface area contributed by atoms with Gasteiger partial charge in [0.2, 0.25) is 0 Å². The number of hydrogen-bond donors (Lipinski definition) is 0. The molecule has 2 aliphatic rings. The van der Waals surface area contributed by atoms with Crippen molar-refractivity contribution in [1.29, 1.82) is 0 Å². The van der Waals surface area contributed by atoms with E-state index < -0.39 is 0 Å². The molecule has 0 N–H and O–H groups in total. The highest BCUT2D eigenvalue weighted by molar-refractivity contribution is 6.26. The summed E-state index contributed by atoms with van der Waals surface area (Å²) in [4.78, 5) is 11.2. The van der Waals surface area contributed by atoms with E-state index in [1.54, 1.807) is 0 Å². The van der Waals surface area contributed by atoms with Crippen LogP contribution in [0.2, 0.25) is 0 Å². The van der Waals surface area contributed by atoms with Gasteiger partial charge in [-0.05, 0) is 30.6 Å². The summed E-state index contributed by atoms with van der Waals surface area (Å²) in [5.41, 5.74) is 0.448. The normalized spacial score (nSPS) is 41.9. The van der Waals surface area contributed by atoms with Crippen LogP contribution in [0.1, 0.15) is 40.0 Å². The quantitative estimate of drug-likeness (QED) is 0.539. The van der Waals surface area contributed by atoms with Crippen molar-refractivity contribution in [3.05, 3.63) is 0 Å². The van der Waals surface area contributed by atoms with Gasteiger partial charge in [0.15, 0.2) is 0 Å². The van der Waals surface area contributed by atoms with Crippen LogP contribution in [-0.2, 0) is 9.53 Å². The largest absolute Gasteiger partial charge is 0.461 e. The minimum absolute atomic E-state index is 0.0301. The zero-order valence-corrected chi connectivity index (χ0v) is 10.4. The maximum Gasteiger partial charge on any atom is 0.321 e. The van der Waals surface area contributed by atoms with Crippen LogP contribution in [-0.4, -0.2) is 18.0 Å². The third-order valence-electron chi connectivity index (χ3n) is 5.10. The third kappa shape index (κ3) is 1.41. The molecule has 0 aromatic rings. The first kappa shape index (κ1) is 11.3.